The molecule has 4 nitrogen and oxygen atoms in total. The fourth-order valence-corrected chi connectivity index (χ4v) is 2.31. The first-order valence-electron chi connectivity index (χ1n) is 7.51. The van der Waals surface area contributed by atoms with Crippen LogP contribution in [-0.4, -0.2) is 17.6 Å². The molecule has 0 N–H and O–H groups in total. The molecule has 1 heterocycles. The average molecular weight is 307 g/mol. The molecule has 1 aromatic heterocycles. The summed E-state index contributed by atoms with van der Waals surface area (Å²) in [5.74, 6) is 0.121. The van der Waals surface area contributed by atoms with Gasteiger partial charge in [-0.1, -0.05) is 36.4 Å². The number of nitrogens with zero attached hydrogens (tertiary/aromatic N) is 1. The SMILES string of the molecule is CCOC(=O)c1ccccc1OCc1ccc2ccccc2n1. The van der Waals surface area contributed by atoms with Crippen molar-refractivity contribution in [1.82, 2.24) is 4.98 Å². The van der Waals surface area contributed by atoms with Crippen LogP contribution in [0.4, 0.5) is 0 Å². The van der Waals surface area contributed by atoms with Gasteiger partial charge in [0.1, 0.15) is 17.9 Å². The van der Waals surface area contributed by atoms with Crippen LogP contribution in [0, 0.1) is 0 Å². The van der Waals surface area contributed by atoms with Crippen LogP contribution < -0.4 is 4.74 Å². The molecule has 23 heavy (non-hydrogen) atoms. The van der Waals surface area contributed by atoms with E-state index in [4.69, 9.17) is 9.47 Å². The molecule has 4 heteroatoms. The Bertz CT molecular complexity index is 829. The molecular weight excluding hydrogens is 290 g/mol. The molecule has 3 aromatic rings. The van der Waals surface area contributed by atoms with Crippen LogP contribution in [0.25, 0.3) is 10.9 Å². The zero-order valence-electron chi connectivity index (χ0n) is 12.9. The summed E-state index contributed by atoms with van der Waals surface area (Å²) >= 11 is 0. The number of esters is 1. The molecule has 0 amide bonds. The zero-order valence-corrected chi connectivity index (χ0v) is 12.9. The van der Waals surface area contributed by atoms with Crippen molar-refractivity contribution in [2.45, 2.75) is 13.5 Å². The van der Waals surface area contributed by atoms with Gasteiger partial charge in [-0.15, -0.1) is 0 Å². The highest BCUT2D eigenvalue weighted by Gasteiger charge is 2.13. The van der Waals surface area contributed by atoms with Gasteiger partial charge in [0, 0.05) is 5.39 Å². The van der Waals surface area contributed by atoms with Gasteiger partial charge in [0.05, 0.1) is 17.8 Å². The molecule has 116 valence electrons. The third kappa shape index (κ3) is 3.48. The van der Waals surface area contributed by atoms with Crippen molar-refractivity contribution in [2.75, 3.05) is 6.61 Å². The predicted molar refractivity (Wildman–Crippen MR) is 88.5 cm³/mol. The van der Waals surface area contributed by atoms with E-state index in [-0.39, 0.29) is 5.97 Å². The van der Waals surface area contributed by atoms with Gasteiger partial charge in [-0.25, -0.2) is 9.78 Å². The van der Waals surface area contributed by atoms with Crippen LogP contribution in [0.1, 0.15) is 23.0 Å². The van der Waals surface area contributed by atoms with Gasteiger partial charge in [-0.2, -0.15) is 0 Å². The molecule has 3 rings (SSSR count). The Morgan fingerprint density at radius 2 is 1.78 bits per heavy atom. The molecule has 0 unspecified atom stereocenters. The van der Waals surface area contributed by atoms with E-state index in [1.165, 1.54) is 0 Å². The summed E-state index contributed by atoms with van der Waals surface area (Å²) in [5, 5.41) is 1.09. The number of carbonyl (C=O) groups is 1. The fraction of sp³-hybridized carbons (Fsp3) is 0.158. The lowest BCUT2D eigenvalue weighted by Crippen LogP contribution is -2.08. The maximum Gasteiger partial charge on any atom is 0.341 e. The third-order valence-corrected chi connectivity index (χ3v) is 3.41. The lowest BCUT2D eigenvalue weighted by atomic mass is 10.2. The van der Waals surface area contributed by atoms with E-state index in [9.17, 15) is 4.79 Å². The number of fused-ring (bicyclic) bond motifs is 1. The average Bonchev–Trinajstić information content (AvgIpc) is 2.60. The summed E-state index contributed by atoms with van der Waals surface area (Å²) in [5.41, 5.74) is 2.16. The van der Waals surface area contributed by atoms with Crippen LogP contribution in [0.3, 0.4) is 0 Å². The molecule has 0 aliphatic carbocycles. The first-order chi connectivity index (χ1) is 11.3. The lowest BCUT2D eigenvalue weighted by Gasteiger charge is -2.10. The number of rotatable bonds is 5. The van der Waals surface area contributed by atoms with Gasteiger partial charge in [0.15, 0.2) is 0 Å². The normalized spacial score (nSPS) is 10.5. The number of pyridine rings is 1. The first-order valence-corrected chi connectivity index (χ1v) is 7.51. The highest BCUT2D eigenvalue weighted by Crippen LogP contribution is 2.20. The van der Waals surface area contributed by atoms with Gasteiger partial charge in [-0.3, -0.25) is 0 Å². The van der Waals surface area contributed by atoms with Gasteiger partial charge in [0.2, 0.25) is 0 Å². The van der Waals surface area contributed by atoms with E-state index in [0.717, 1.165) is 16.6 Å². The topological polar surface area (TPSA) is 48.4 Å². The van der Waals surface area contributed by atoms with Crippen molar-refractivity contribution >= 4 is 16.9 Å². The second-order valence-corrected chi connectivity index (χ2v) is 5.00. The van der Waals surface area contributed by atoms with Crippen molar-refractivity contribution in [3.05, 3.63) is 71.9 Å². The largest absolute Gasteiger partial charge is 0.486 e. The van der Waals surface area contributed by atoms with Crippen molar-refractivity contribution < 1.29 is 14.3 Å². The number of hydrogen-bond donors (Lipinski definition) is 0. The third-order valence-electron chi connectivity index (χ3n) is 3.41. The smallest absolute Gasteiger partial charge is 0.341 e. The summed E-state index contributed by atoms with van der Waals surface area (Å²) in [6, 6.07) is 18.9. The molecule has 0 fully saturated rings. The monoisotopic (exact) mass is 307 g/mol. The summed E-state index contributed by atoms with van der Waals surface area (Å²) in [6.07, 6.45) is 0. The molecule has 0 radical (unpaired) electrons. The molecule has 0 spiro atoms. The van der Waals surface area contributed by atoms with Crippen molar-refractivity contribution in [1.29, 1.82) is 0 Å². The van der Waals surface area contributed by atoms with E-state index >= 15 is 0 Å². The van der Waals surface area contributed by atoms with Gasteiger partial charge < -0.3 is 9.47 Å². The van der Waals surface area contributed by atoms with E-state index in [1.54, 1.807) is 25.1 Å². The Kier molecular flexibility index (Phi) is 4.52. The minimum absolute atomic E-state index is 0.293. The number of para-hydroxylation sites is 2. The van der Waals surface area contributed by atoms with E-state index in [0.29, 0.717) is 24.5 Å². The highest BCUT2D eigenvalue weighted by atomic mass is 16.5. The van der Waals surface area contributed by atoms with Gasteiger partial charge in [0.25, 0.3) is 0 Å². The summed E-state index contributed by atoms with van der Waals surface area (Å²) < 4.78 is 10.8. The molecule has 0 aliphatic heterocycles. The van der Waals surface area contributed by atoms with E-state index in [2.05, 4.69) is 4.98 Å². The Morgan fingerprint density at radius 3 is 2.65 bits per heavy atom. The fourth-order valence-electron chi connectivity index (χ4n) is 2.31. The quantitative estimate of drug-likeness (QED) is 0.669. The van der Waals surface area contributed by atoms with Crippen molar-refractivity contribution in [2.24, 2.45) is 0 Å². The number of ether oxygens (including phenoxy) is 2. The van der Waals surface area contributed by atoms with Crippen molar-refractivity contribution in [3.8, 4) is 5.75 Å². The van der Waals surface area contributed by atoms with E-state index < -0.39 is 0 Å². The highest BCUT2D eigenvalue weighted by molar-refractivity contribution is 5.92. The molecular formula is C19H17NO3. The summed E-state index contributed by atoms with van der Waals surface area (Å²) in [7, 11) is 0. The second kappa shape index (κ2) is 6.92. The van der Waals surface area contributed by atoms with Gasteiger partial charge >= 0.3 is 5.97 Å². The molecule has 0 aliphatic rings. The second-order valence-electron chi connectivity index (χ2n) is 5.00. The van der Waals surface area contributed by atoms with Crippen LogP contribution >= 0.6 is 0 Å². The van der Waals surface area contributed by atoms with Crippen LogP contribution in [-0.2, 0) is 11.3 Å². The Hall–Kier alpha value is -2.88. The van der Waals surface area contributed by atoms with Crippen molar-refractivity contribution in [3.63, 3.8) is 0 Å². The first kappa shape index (κ1) is 15.0. The maximum absolute atomic E-state index is 11.9. The molecule has 2 aromatic carbocycles. The Morgan fingerprint density at radius 1 is 1.00 bits per heavy atom. The van der Waals surface area contributed by atoms with Crippen LogP contribution in [0.15, 0.2) is 60.7 Å². The molecule has 0 bridgehead atoms. The number of benzene rings is 2. The van der Waals surface area contributed by atoms with E-state index in [1.807, 2.05) is 42.5 Å². The zero-order chi connectivity index (χ0) is 16.1. The molecule has 0 saturated carbocycles. The minimum Gasteiger partial charge on any atom is -0.486 e. The maximum atomic E-state index is 11.9. The van der Waals surface area contributed by atoms with Crippen LogP contribution in [0.2, 0.25) is 0 Å². The summed E-state index contributed by atoms with van der Waals surface area (Å²) in [4.78, 5) is 16.5. The molecule has 0 saturated heterocycles. The van der Waals surface area contributed by atoms with Crippen LogP contribution in [0.5, 0.6) is 5.75 Å². The lowest BCUT2D eigenvalue weighted by molar-refractivity contribution is 0.0521. The Balaban J connectivity index is 1.78. The number of aromatic nitrogens is 1. The molecule has 0 atom stereocenters. The minimum atomic E-state index is -0.380. The number of carbonyl (C=O) groups excluding carboxylic acids is 1. The Labute approximate surface area is 134 Å². The predicted octanol–water partition coefficient (Wildman–Crippen LogP) is 3.99. The standard InChI is InChI=1S/C19H17NO3/c1-2-22-19(21)16-8-4-6-10-18(16)23-13-15-12-11-14-7-3-5-9-17(14)20-15/h3-12H,2,13H2,1H3. The summed E-state index contributed by atoms with van der Waals surface area (Å²) in [6.45, 7) is 2.40. The van der Waals surface area contributed by atoms with Gasteiger partial charge in [-0.05, 0) is 31.2 Å². The number of hydrogen-bond acceptors (Lipinski definition) is 4.